The lowest BCUT2D eigenvalue weighted by molar-refractivity contribution is -0.131. The van der Waals surface area contributed by atoms with Crippen LogP contribution in [0, 0.1) is 11.8 Å². The number of carbonyl (C=O) groups is 1. The molecule has 1 heterocycles. The standard InChI is InChI=1S/C28H38N2O/c1-6-23(24-14-9-7-10-15-24)20-26(25-16-11-8-12-17-25)27-21(2)22(3)30(28(27)31)19-13-18-29(4)5/h7-12,14-17,21,23,26-27H,3,6,13,18-20H2,1-2,4-5H3. The molecule has 4 unspecified atom stereocenters. The Labute approximate surface area is 188 Å². The van der Waals surface area contributed by atoms with E-state index in [-0.39, 0.29) is 23.7 Å². The molecule has 0 N–H and O–H groups in total. The second-order valence-corrected chi connectivity index (χ2v) is 9.22. The number of hydrogen-bond donors (Lipinski definition) is 0. The van der Waals surface area contributed by atoms with Crippen molar-refractivity contribution in [3.63, 3.8) is 0 Å². The van der Waals surface area contributed by atoms with Gasteiger partial charge in [-0.3, -0.25) is 4.79 Å². The Morgan fingerprint density at radius 2 is 1.58 bits per heavy atom. The fraction of sp³-hybridized carbons (Fsp3) is 0.464. The van der Waals surface area contributed by atoms with E-state index in [2.05, 4.69) is 100 Å². The summed E-state index contributed by atoms with van der Waals surface area (Å²) < 4.78 is 0. The van der Waals surface area contributed by atoms with Gasteiger partial charge in [-0.15, -0.1) is 0 Å². The van der Waals surface area contributed by atoms with E-state index in [0.717, 1.165) is 38.0 Å². The summed E-state index contributed by atoms with van der Waals surface area (Å²) in [5.41, 5.74) is 3.62. The van der Waals surface area contributed by atoms with Crippen molar-refractivity contribution in [1.82, 2.24) is 9.80 Å². The van der Waals surface area contributed by atoms with E-state index in [0.29, 0.717) is 5.92 Å². The second-order valence-electron chi connectivity index (χ2n) is 9.22. The average molecular weight is 419 g/mol. The van der Waals surface area contributed by atoms with Crippen molar-refractivity contribution in [2.75, 3.05) is 27.2 Å². The Morgan fingerprint density at radius 1 is 1.00 bits per heavy atom. The van der Waals surface area contributed by atoms with Gasteiger partial charge in [0, 0.05) is 18.2 Å². The highest BCUT2D eigenvalue weighted by Crippen LogP contribution is 2.46. The zero-order valence-corrected chi connectivity index (χ0v) is 19.6. The van der Waals surface area contributed by atoms with E-state index >= 15 is 0 Å². The Bertz CT molecular complexity index is 846. The molecule has 0 bridgehead atoms. The minimum atomic E-state index is -0.0491. The molecule has 3 heteroatoms. The van der Waals surface area contributed by atoms with Gasteiger partial charge >= 0.3 is 0 Å². The van der Waals surface area contributed by atoms with Crippen molar-refractivity contribution in [2.45, 2.75) is 44.9 Å². The van der Waals surface area contributed by atoms with Gasteiger partial charge in [-0.05, 0) is 62.9 Å². The fourth-order valence-corrected chi connectivity index (χ4v) is 5.07. The third-order valence-electron chi connectivity index (χ3n) is 6.91. The van der Waals surface area contributed by atoms with Gasteiger partial charge in [-0.25, -0.2) is 0 Å². The maximum atomic E-state index is 13.7. The summed E-state index contributed by atoms with van der Waals surface area (Å²) in [6.45, 7) is 10.5. The molecule has 3 nitrogen and oxygen atoms in total. The number of rotatable bonds is 10. The third-order valence-corrected chi connectivity index (χ3v) is 6.91. The summed E-state index contributed by atoms with van der Waals surface area (Å²) in [6, 6.07) is 21.4. The Kier molecular flexibility index (Phi) is 8.09. The fourth-order valence-electron chi connectivity index (χ4n) is 5.07. The largest absolute Gasteiger partial charge is 0.316 e. The van der Waals surface area contributed by atoms with E-state index in [1.807, 2.05) is 4.90 Å². The maximum absolute atomic E-state index is 13.7. The first-order valence-corrected chi connectivity index (χ1v) is 11.7. The molecule has 1 aliphatic heterocycles. The molecule has 0 radical (unpaired) electrons. The number of likely N-dealkylation sites (tertiary alicyclic amines) is 1. The molecule has 0 spiro atoms. The summed E-state index contributed by atoms with van der Waals surface area (Å²) in [5.74, 6) is 0.984. The van der Waals surface area contributed by atoms with Crippen LogP contribution < -0.4 is 0 Å². The molecule has 4 atom stereocenters. The van der Waals surface area contributed by atoms with Crippen LogP contribution >= 0.6 is 0 Å². The van der Waals surface area contributed by atoms with E-state index < -0.39 is 0 Å². The molecule has 1 fully saturated rings. The number of carbonyl (C=O) groups excluding carboxylic acids is 1. The second kappa shape index (κ2) is 10.8. The van der Waals surface area contributed by atoms with Crippen molar-refractivity contribution < 1.29 is 4.79 Å². The summed E-state index contributed by atoms with van der Waals surface area (Å²) >= 11 is 0. The summed E-state index contributed by atoms with van der Waals surface area (Å²) in [7, 11) is 4.15. The zero-order valence-electron chi connectivity index (χ0n) is 19.6. The predicted octanol–water partition coefficient (Wildman–Crippen LogP) is 5.91. The van der Waals surface area contributed by atoms with Gasteiger partial charge in [0.15, 0.2) is 0 Å². The van der Waals surface area contributed by atoms with E-state index in [9.17, 15) is 4.79 Å². The molecular weight excluding hydrogens is 380 g/mol. The normalized spacial score (nSPS) is 21.0. The van der Waals surface area contributed by atoms with Crippen LogP contribution in [0.2, 0.25) is 0 Å². The quantitative estimate of drug-likeness (QED) is 0.478. The van der Waals surface area contributed by atoms with Crippen molar-refractivity contribution in [3.8, 4) is 0 Å². The van der Waals surface area contributed by atoms with Gasteiger partial charge in [0.1, 0.15) is 0 Å². The lowest BCUT2D eigenvalue weighted by atomic mass is 9.73. The highest BCUT2D eigenvalue weighted by Gasteiger charge is 2.45. The maximum Gasteiger partial charge on any atom is 0.231 e. The van der Waals surface area contributed by atoms with Crippen molar-refractivity contribution in [1.29, 1.82) is 0 Å². The number of nitrogens with zero attached hydrogens (tertiary/aromatic N) is 2. The highest BCUT2D eigenvalue weighted by atomic mass is 16.2. The SMILES string of the molecule is C=C1C(C)C(C(CC(CC)c2ccccc2)c2ccccc2)C(=O)N1CCCN(C)C. The summed E-state index contributed by atoms with van der Waals surface area (Å²) in [6.07, 6.45) is 3.01. The first-order valence-electron chi connectivity index (χ1n) is 11.7. The average Bonchev–Trinajstić information content (AvgIpc) is 2.99. The molecule has 2 aromatic carbocycles. The van der Waals surface area contributed by atoms with Gasteiger partial charge in [-0.2, -0.15) is 0 Å². The van der Waals surface area contributed by atoms with E-state index in [4.69, 9.17) is 0 Å². The van der Waals surface area contributed by atoms with Crippen molar-refractivity contribution in [2.24, 2.45) is 11.8 Å². The summed E-state index contributed by atoms with van der Waals surface area (Å²) in [5, 5.41) is 0. The van der Waals surface area contributed by atoms with Crippen molar-refractivity contribution >= 4 is 5.91 Å². The topological polar surface area (TPSA) is 23.6 Å². The zero-order chi connectivity index (χ0) is 22.4. The number of benzene rings is 2. The predicted molar refractivity (Wildman–Crippen MR) is 130 cm³/mol. The Hall–Kier alpha value is -2.39. The first-order chi connectivity index (χ1) is 14.9. The van der Waals surface area contributed by atoms with Gasteiger partial charge in [0.2, 0.25) is 5.91 Å². The molecule has 166 valence electrons. The third kappa shape index (κ3) is 5.46. The smallest absolute Gasteiger partial charge is 0.231 e. The van der Waals surface area contributed by atoms with Gasteiger partial charge in [0.05, 0.1) is 5.92 Å². The molecular formula is C28H38N2O. The molecule has 0 aromatic heterocycles. The van der Waals surface area contributed by atoms with Gasteiger partial charge < -0.3 is 9.80 Å². The molecule has 1 amide bonds. The van der Waals surface area contributed by atoms with Crippen LogP contribution in [0.25, 0.3) is 0 Å². The minimum absolute atomic E-state index is 0.0491. The highest BCUT2D eigenvalue weighted by molar-refractivity contribution is 5.85. The van der Waals surface area contributed by atoms with E-state index in [1.54, 1.807) is 0 Å². The molecule has 1 aliphatic rings. The molecule has 0 aliphatic carbocycles. The molecule has 3 rings (SSSR count). The van der Waals surface area contributed by atoms with Crippen LogP contribution in [0.3, 0.4) is 0 Å². The first kappa shape index (κ1) is 23.3. The monoisotopic (exact) mass is 418 g/mol. The van der Waals surface area contributed by atoms with Crippen LogP contribution in [0.5, 0.6) is 0 Å². The molecule has 2 aromatic rings. The Morgan fingerprint density at radius 3 is 2.13 bits per heavy atom. The van der Waals surface area contributed by atoms with E-state index in [1.165, 1.54) is 11.1 Å². The van der Waals surface area contributed by atoms with Crippen LogP contribution in [0.4, 0.5) is 0 Å². The van der Waals surface area contributed by atoms with Crippen LogP contribution in [0.1, 0.15) is 56.1 Å². The lowest BCUT2D eigenvalue weighted by Crippen LogP contribution is -2.32. The summed E-state index contributed by atoms with van der Waals surface area (Å²) in [4.78, 5) is 17.8. The van der Waals surface area contributed by atoms with Gasteiger partial charge in [-0.1, -0.05) is 81.1 Å². The van der Waals surface area contributed by atoms with Crippen LogP contribution in [-0.4, -0.2) is 42.9 Å². The number of allylic oxidation sites excluding steroid dienone is 1. The molecule has 0 saturated carbocycles. The van der Waals surface area contributed by atoms with Gasteiger partial charge in [0.25, 0.3) is 0 Å². The van der Waals surface area contributed by atoms with Crippen molar-refractivity contribution in [3.05, 3.63) is 84.1 Å². The lowest BCUT2D eigenvalue weighted by Gasteiger charge is -2.29. The number of hydrogen-bond acceptors (Lipinski definition) is 2. The number of amides is 1. The van der Waals surface area contributed by atoms with Crippen LogP contribution in [-0.2, 0) is 4.79 Å². The van der Waals surface area contributed by atoms with Crippen LogP contribution in [0.15, 0.2) is 72.9 Å². The molecule has 31 heavy (non-hydrogen) atoms. The minimum Gasteiger partial charge on any atom is -0.316 e. The Balaban J connectivity index is 1.88. The molecule has 1 saturated heterocycles.